The normalized spacial score (nSPS) is 31.9. The second-order valence-electron chi connectivity index (χ2n) is 7.21. The number of benzene rings is 2. The van der Waals surface area contributed by atoms with E-state index in [0.29, 0.717) is 0 Å². The minimum absolute atomic E-state index is 0.0575. The fourth-order valence-corrected chi connectivity index (χ4v) is 3.57. The fourth-order valence-electron chi connectivity index (χ4n) is 3.57. The van der Waals surface area contributed by atoms with Crippen molar-refractivity contribution in [3.63, 3.8) is 0 Å². The van der Waals surface area contributed by atoms with Crippen LogP contribution in [0.25, 0.3) is 0 Å². The molecule has 0 spiro atoms. The molecule has 2 aliphatic heterocycles. The van der Waals surface area contributed by atoms with E-state index in [2.05, 4.69) is 0 Å². The van der Waals surface area contributed by atoms with Gasteiger partial charge in [-0.3, -0.25) is 0 Å². The van der Waals surface area contributed by atoms with Gasteiger partial charge in [-0.1, -0.05) is 24.3 Å². The van der Waals surface area contributed by atoms with Crippen molar-refractivity contribution in [3.05, 3.63) is 59.7 Å². The van der Waals surface area contributed by atoms with Gasteiger partial charge in [0.1, 0.15) is 35.9 Å². The SMILES string of the molecule is COc1ccc([C@@H]2OC[C@@H](O)[C@H]([C@@H]3O[C@H](c4ccc(OC)cc4)OC[C@H]3O)O2)cc1. The molecule has 6 atom stereocenters. The Morgan fingerprint density at radius 3 is 1.37 bits per heavy atom. The first-order chi connectivity index (χ1) is 14.6. The summed E-state index contributed by atoms with van der Waals surface area (Å²) < 4.78 is 33.7. The molecule has 2 saturated heterocycles. The van der Waals surface area contributed by atoms with Crippen molar-refractivity contribution in [2.45, 2.75) is 37.0 Å². The lowest BCUT2D eigenvalue weighted by Gasteiger charge is -2.43. The zero-order valence-electron chi connectivity index (χ0n) is 16.8. The third-order valence-corrected chi connectivity index (χ3v) is 5.26. The van der Waals surface area contributed by atoms with Crippen LogP contribution in [0.2, 0.25) is 0 Å². The van der Waals surface area contributed by atoms with Crippen molar-refractivity contribution in [2.24, 2.45) is 0 Å². The fraction of sp³-hybridized carbons (Fsp3) is 0.455. The molecule has 2 aromatic rings. The Morgan fingerprint density at radius 1 is 0.667 bits per heavy atom. The molecule has 0 bridgehead atoms. The van der Waals surface area contributed by atoms with E-state index in [1.54, 1.807) is 14.2 Å². The van der Waals surface area contributed by atoms with Crippen LogP contribution < -0.4 is 9.47 Å². The van der Waals surface area contributed by atoms with Gasteiger partial charge in [0.25, 0.3) is 0 Å². The van der Waals surface area contributed by atoms with Gasteiger partial charge in [0.2, 0.25) is 0 Å². The van der Waals surface area contributed by atoms with E-state index in [4.69, 9.17) is 28.4 Å². The molecule has 2 aromatic carbocycles. The average molecular weight is 418 g/mol. The van der Waals surface area contributed by atoms with Crippen LogP contribution in [0.1, 0.15) is 23.7 Å². The van der Waals surface area contributed by atoms with E-state index < -0.39 is 37.0 Å². The summed E-state index contributed by atoms with van der Waals surface area (Å²) in [6, 6.07) is 14.6. The summed E-state index contributed by atoms with van der Waals surface area (Å²) in [6.45, 7) is 0.115. The quantitative estimate of drug-likeness (QED) is 0.761. The van der Waals surface area contributed by atoms with Crippen molar-refractivity contribution < 1.29 is 38.6 Å². The van der Waals surface area contributed by atoms with Crippen molar-refractivity contribution in [2.75, 3.05) is 27.4 Å². The molecule has 2 aliphatic rings. The van der Waals surface area contributed by atoms with Gasteiger partial charge in [0.15, 0.2) is 12.6 Å². The maximum atomic E-state index is 10.5. The Balaban J connectivity index is 1.49. The third kappa shape index (κ3) is 4.44. The maximum Gasteiger partial charge on any atom is 0.184 e. The Morgan fingerprint density at radius 2 is 1.03 bits per heavy atom. The molecule has 8 nitrogen and oxygen atoms in total. The van der Waals surface area contributed by atoms with Crippen LogP contribution in [0.4, 0.5) is 0 Å². The number of ether oxygens (including phenoxy) is 6. The van der Waals surface area contributed by atoms with Crippen molar-refractivity contribution in [1.82, 2.24) is 0 Å². The number of methoxy groups -OCH3 is 2. The first-order valence-corrected chi connectivity index (χ1v) is 9.77. The molecular formula is C22H26O8. The topological polar surface area (TPSA) is 95.8 Å². The molecule has 2 fully saturated rings. The molecule has 2 N–H and O–H groups in total. The lowest BCUT2D eigenvalue weighted by Crippen LogP contribution is -2.55. The predicted octanol–water partition coefficient (Wildman–Crippen LogP) is 1.95. The summed E-state index contributed by atoms with van der Waals surface area (Å²) in [4.78, 5) is 0. The van der Waals surface area contributed by atoms with Crippen molar-refractivity contribution in [3.8, 4) is 11.5 Å². The number of hydrogen-bond acceptors (Lipinski definition) is 8. The minimum Gasteiger partial charge on any atom is -0.497 e. The van der Waals surface area contributed by atoms with Gasteiger partial charge < -0.3 is 38.6 Å². The van der Waals surface area contributed by atoms with Gasteiger partial charge in [0, 0.05) is 11.1 Å². The number of aliphatic hydroxyl groups excluding tert-OH is 2. The predicted molar refractivity (Wildman–Crippen MR) is 105 cm³/mol. The highest BCUT2D eigenvalue weighted by Crippen LogP contribution is 2.35. The second-order valence-corrected chi connectivity index (χ2v) is 7.21. The van der Waals surface area contributed by atoms with E-state index in [1.807, 2.05) is 48.5 Å². The molecule has 2 heterocycles. The van der Waals surface area contributed by atoms with Gasteiger partial charge in [-0.05, 0) is 24.3 Å². The van der Waals surface area contributed by atoms with Crippen LogP contribution in [0.5, 0.6) is 11.5 Å². The van der Waals surface area contributed by atoms with E-state index in [1.165, 1.54) is 0 Å². The van der Waals surface area contributed by atoms with Crippen LogP contribution >= 0.6 is 0 Å². The zero-order valence-corrected chi connectivity index (χ0v) is 16.8. The molecule has 0 aliphatic carbocycles. The van der Waals surface area contributed by atoms with Crippen LogP contribution in [-0.4, -0.2) is 62.1 Å². The number of aliphatic hydroxyl groups is 2. The molecule has 0 saturated carbocycles. The Bertz CT molecular complexity index is 739. The standard InChI is InChI=1S/C22H26O8/c1-25-15-7-3-13(4-8-15)21-27-11-17(23)19(29-21)20-18(24)12-28-22(30-20)14-5-9-16(26-2)10-6-14/h3-10,17-24H,11-12H2,1-2H3/t17-,18-,19-,20-,21-,22-/m1/s1. The summed E-state index contributed by atoms with van der Waals surface area (Å²) >= 11 is 0. The van der Waals surface area contributed by atoms with Crippen LogP contribution in [0, 0.1) is 0 Å². The van der Waals surface area contributed by atoms with Gasteiger partial charge in [-0.2, -0.15) is 0 Å². The van der Waals surface area contributed by atoms with E-state index in [0.717, 1.165) is 22.6 Å². The highest BCUT2D eigenvalue weighted by atomic mass is 16.7. The van der Waals surface area contributed by atoms with Gasteiger partial charge in [0.05, 0.1) is 27.4 Å². The van der Waals surface area contributed by atoms with Gasteiger partial charge >= 0.3 is 0 Å². The van der Waals surface area contributed by atoms with E-state index >= 15 is 0 Å². The molecule has 8 heteroatoms. The first-order valence-electron chi connectivity index (χ1n) is 9.77. The molecule has 0 aromatic heterocycles. The van der Waals surface area contributed by atoms with Crippen molar-refractivity contribution >= 4 is 0 Å². The monoisotopic (exact) mass is 418 g/mol. The van der Waals surface area contributed by atoms with E-state index in [-0.39, 0.29) is 13.2 Å². The van der Waals surface area contributed by atoms with Crippen LogP contribution in [-0.2, 0) is 18.9 Å². The molecule has 4 rings (SSSR count). The van der Waals surface area contributed by atoms with Gasteiger partial charge in [-0.15, -0.1) is 0 Å². The molecule has 162 valence electrons. The molecule has 30 heavy (non-hydrogen) atoms. The summed E-state index contributed by atoms with van der Waals surface area (Å²) in [5, 5.41) is 21.0. The average Bonchev–Trinajstić information content (AvgIpc) is 2.80. The Kier molecular flexibility index (Phi) is 6.52. The zero-order chi connectivity index (χ0) is 21.1. The van der Waals surface area contributed by atoms with Crippen molar-refractivity contribution in [1.29, 1.82) is 0 Å². The minimum atomic E-state index is -0.950. The molecular weight excluding hydrogens is 392 g/mol. The summed E-state index contributed by atoms with van der Waals surface area (Å²) in [6.07, 6.45) is -4.86. The molecule has 0 radical (unpaired) electrons. The third-order valence-electron chi connectivity index (χ3n) is 5.26. The largest absolute Gasteiger partial charge is 0.497 e. The summed E-state index contributed by atoms with van der Waals surface area (Å²) in [5.74, 6) is 1.44. The Labute approximate surface area is 174 Å². The molecule has 0 amide bonds. The molecule has 0 unspecified atom stereocenters. The second kappa shape index (κ2) is 9.30. The lowest BCUT2D eigenvalue weighted by molar-refractivity contribution is -0.331. The number of rotatable bonds is 5. The number of hydrogen-bond donors (Lipinski definition) is 2. The summed E-state index contributed by atoms with van der Waals surface area (Å²) in [7, 11) is 3.19. The highest BCUT2D eigenvalue weighted by molar-refractivity contribution is 5.29. The van der Waals surface area contributed by atoms with Crippen LogP contribution in [0.3, 0.4) is 0 Å². The highest BCUT2D eigenvalue weighted by Gasteiger charge is 2.44. The smallest absolute Gasteiger partial charge is 0.184 e. The van der Waals surface area contributed by atoms with Crippen LogP contribution in [0.15, 0.2) is 48.5 Å². The van der Waals surface area contributed by atoms with E-state index in [9.17, 15) is 10.2 Å². The lowest BCUT2D eigenvalue weighted by atomic mass is 10.0. The van der Waals surface area contributed by atoms with Gasteiger partial charge in [-0.25, -0.2) is 0 Å². The summed E-state index contributed by atoms with van der Waals surface area (Å²) in [5.41, 5.74) is 1.56. The Hall–Kier alpha value is -2.20. The maximum absolute atomic E-state index is 10.5. The first kappa shape index (κ1) is 21.0.